The van der Waals surface area contributed by atoms with Crippen LogP contribution in [0.3, 0.4) is 0 Å². The highest BCUT2D eigenvalue weighted by Gasteiger charge is 2.26. The van der Waals surface area contributed by atoms with Crippen LogP contribution in [0.1, 0.15) is 10.4 Å². The molecule has 0 aromatic heterocycles. The van der Waals surface area contributed by atoms with Crippen LogP contribution in [0, 0.1) is 10.1 Å². The first-order valence-electron chi connectivity index (χ1n) is 8.72. The van der Waals surface area contributed by atoms with Crippen LogP contribution in [0.4, 0.5) is 11.4 Å². The van der Waals surface area contributed by atoms with Crippen LogP contribution in [0.5, 0.6) is 5.75 Å². The van der Waals surface area contributed by atoms with E-state index in [4.69, 9.17) is 0 Å². The van der Waals surface area contributed by atoms with Gasteiger partial charge in [-0.05, 0) is 29.7 Å². The number of phenolic OH excluding ortho intramolecular Hbond substituents is 1. The molecule has 0 fully saturated rings. The minimum Gasteiger partial charge on any atom is -0.507 e. The second kappa shape index (κ2) is 8.52. The number of carbonyl (C=O) groups is 1. The Morgan fingerprint density at radius 2 is 1.37 bits per heavy atom. The van der Waals surface area contributed by atoms with Crippen LogP contribution < -0.4 is 5.32 Å². The lowest BCUT2D eigenvalue weighted by Gasteiger charge is -2.14. The maximum absolute atomic E-state index is 12.8. The van der Waals surface area contributed by atoms with Gasteiger partial charge in [-0.1, -0.05) is 0 Å². The fraction of sp³-hybridized carbons (Fsp3) is 0. The molecule has 15 nitrogen and oxygen atoms in total. The van der Waals surface area contributed by atoms with Crippen molar-refractivity contribution in [1.29, 1.82) is 0 Å². The smallest absolute Gasteiger partial charge is 0.295 e. The lowest BCUT2D eigenvalue weighted by atomic mass is 10.1. The maximum Gasteiger partial charge on any atom is 0.295 e. The van der Waals surface area contributed by atoms with Crippen molar-refractivity contribution in [3.05, 3.63) is 58.1 Å². The predicted molar refractivity (Wildman–Crippen MR) is 116 cm³/mol. The molecular weight excluding hydrogens is 536 g/mol. The Kier molecular flexibility index (Phi) is 6.31. The van der Waals surface area contributed by atoms with E-state index in [0.717, 1.165) is 6.07 Å². The van der Waals surface area contributed by atoms with Gasteiger partial charge in [-0.25, -0.2) is 0 Å². The van der Waals surface area contributed by atoms with Crippen LogP contribution in [0.15, 0.2) is 57.2 Å². The quantitative estimate of drug-likeness (QED) is 0.166. The number of nitro benzene ring substituents is 1. The molecule has 35 heavy (non-hydrogen) atoms. The number of nitrogens with one attached hydrogen (secondary N) is 1. The molecular formula is C17H12N2O13S3. The second-order valence-electron chi connectivity index (χ2n) is 6.83. The molecule has 5 N–H and O–H groups in total. The minimum absolute atomic E-state index is 0.395. The summed E-state index contributed by atoms with van der Waals surface area (Å²) < 4.78 is 97.7. The summed E-state index contributed by atoms with van der Waals surface area (Å²) in [6, 6.07) is 4.45. The molecule has 0 spiro atoms. The monoisotopic (exact) mass is 548 g/mol. The van der Waals surface area contributed by atoms with Gasteiger partial charge in [-0.2, -0.15) is 25.3 Å². The van der Waals surface area contributed by atoms with E-state index in [-0.39, 0.29) is 0 Å². The zero-order valence-electron chi connectivity index (χ0n) is 16.7. The van der Waals surface area contributed by atoms with E-state index in [1.54, 1.807) is 0 Å². The van der Waals surface area contributed by atoms with Crippen molar-refractivity contribution < 1.29 is 53.7 Å². The highest BCUT2D eigenvalue weighted by atomic mass is 32.2. The summed E-state index contributed by atoms with van der Waals surface area (Å²) in [4.78, 5) is 19.8. The molecule has 186 valence electrons. The third-order valence-electron chi connectivity index (χ3n) is 4.52. The number of aromatic hydroxyl groups is 1. The third kappa shape index (κ3) is 5.37. The Bertz CT molecular complexity index is 1740. The van der Waals surface area contributed by atoms with Crippen molar-refractivity contribution in [2.45, 2.75) is 14.7 Å². The van der Waals surface area contributed by atoms with E-state index in [0.29, 0.717) is 36.4 Å². The van der Waals surface area contributed by atoms with Crippen LogP contribution in [-0.4, -0.2) is 54.8 Å². The van der Waals surface area contributed by atoms with Crippen LogP contribution >= 0.6 is 0 Å². The van der Waals surface area contributed by atoms with Gasteiger partial charge < -0.3 is 10.4 Å². The van der Waals surface area contributed by atoms with Crippen molar-refractivity contribution in [3.63, 3.8) is 0 Å². The average molecular weight is 548 g/mol. The van der Waals surface area contributed by atoms with Crippen molar-refractivity contribution in [2.75, 3.05) is 5.32 Å². The van der Waals surface area contributed by atoms with E-state index >= 15 is 0 Å². The van der Waals surface area contributed by atoms with Crippen molar-refractivity contribution in [2.24, 2.45) is 0 Å². The van der Waals surface area contributed by atoms with Gasteiger partial charge in [0, 0.05) is 23.6 Å². The number of hydrogen-bond acceptors (Lipinski definition) is 10. The number of benzene rings is 3. The fourth-order valence-electron chi connectivity index (χ4n) is 3.05. The second-order valence-corrected chi connectivity index (χ2v) is 11.1. The lowest BCUT2D eigenvalue weighted by molar-refractivity contribution is -0.385. The van der Waals surface area contributed by atoms with Crippen LogP contribution in [0.25, 0.3) is 10.8 Å². The van der Waals surface area contributed by atoms with Crippen molar-refractivity contribution in [1.82, 2.24) is 0 Å². The molecule has 0 aliphatic carbocycles. The summed E-state index contributed by atoms with van der Waals surface area (Å²) in [5, 5.41) is 22.5. The number of non-ortho nitro benzene ring substituents is 1. The van der Waals surface area contributed by atoms with Gasteiger partial charge in [0.05, 0.1) is 26.0 Å². The average Bonchev–Trinajstić information content (AvgIpc) is 2.70. The van der Waals surface area contributed by atoms with Gasteiger partial charge in [0.25, 0.3) is 41.9 Å². The summed E-state index contributed by atoms with van der Waals surface area (Å²) in [7, 11) is -15.0. The van der Waals surface area contributed by atoms with E-state index in [2.05, 4.69) is 0 Å². The largest absolute Gasteiger partial charge is 0.507 e. The summed E-state index contributed by atoms with van der Waals surface area (Å²) in [6.07, 6.45) is 0. The topological polar surface area (TPSA) is 256 Å². The summed E-state index contributed by atoms with van der Waals surface area (Å²) in [6.45, 7) is 0. The van der Waals surface area contributed by atoms with Crippen LogP contribution in [0.2, 0.25) is 0 Å². The van der Waals surface area contributed by atoms with Gasteiger partial charge in [0.15, 0.2) is 0 Å². The molecule has 3 rings (SSSR count). The normalized spacial score (nSPS) is 12.4. The van der Waals surface area contributed by atoms with E-state index in [9.17, 15) is 58.9 Å². The molecule has 0 radical (unpaired) electrons. The number of nitrogens with zero attached hydrogens (tertiary/aromatic N) is 1. The standard InChI is InChI=1S/C17H12N2O13S3/c20-14-7-11(34(27,28)29)4-8-3-10(33(24,25)26)6-13(16(8)14)18-17(21)12-2-1-9(19(22)23)5-15(12)35(30,31)32/h1-7,20H,(H,18,21)(H,24,25,26)(H,27,28,29)(H,30,31,32). The molecule has 3 aromatic rings. The number of anilines is 1. The van der Waals surface area contributed by atoms with Gasteiger partial charge in [0.2, 0.25) is 0 Å². The molecule has 0 bridgehead atoms. The molecule has 1 amide bonds. The molecule has 0 saturated heterocycles. The predicted octanol–water partition coefficient (Wildman–Crippen LogP) is 1.45. The van der Waals surface area contributed by atoms with Gasteiger partial charge in [-0.3, -0.25) is 28.6 Å². The Morgan fingerprint density at radius 3 is 1.86 bits per heavy atom. The molecule has 0 saturated carbocycles. The molecule has 3 aromatic carbocycles. The fourth-order valence-corrected chi connectivity index (χ4v) is 4.84. The molecule has 0 heterocycles. The highest BCUT2D eigenvalue weighted by molar-refractivity contribution is 7.86. The molecule has 0 atom stereocenters. The number of fused-ring (bicyclic) bond motifs is 1. The Balaban J connectivity index is 2.28. The van der Waals surface area contributed by atoms with Gasteiger partial charge in [-0.15, -0.1) is 0 Å². The highest BCUT2D eigenvalue weighted by Crippen LogP contribution is 2.37. The van der Waals surface area contributed by atoms with E-state index in [1.807, 2.05) is 5.32 Å². The molecule has 0 aliphatic rings. The van der Waals surface area contributed by atoms with E-state index < -0.39 is 89.3 Å². The molecule has 0 unspecified atom stereocenters. The molecule has 0 aliphatic heterocycles. The Hall–Kier alpha value is -3.68. The summed E-state index contributed by atoms with van der Waals surface area (Å²) >= 11 is 0. The molecule has 18 heteroatoms. The first kappa shape index (κ1) is 25.9. The Labute approximate surface area is 196 Å². The summed E-state index contributed by atoms with van der Waals surface area (Å²) in [5.41, 5.74) is -2.19. The number of hydrogen-bond donors (Lipinski definition) is 5. The SMILES string of the molecule is O=C(Nc1cc(S(=O)(=O)O)cc2cc(S(=O)(=O)O)cc(O)c12)c1ccc([N+](=O)[O-])cc1S(=O)(=O)O. The summed E-state index contributed by atoms with van der Waals surface area (Å²) in [5.74, 6) is -2.24. The Morgan fingerprint density at radius 1 is 0.829 bits per heavy atom. The number of phenols is 1. The first-order valence-corrected chi connectivity index (χ1v) is 13.0. The maximum atomic E-state index is 12.8. The van der Waals surface area contributed by atoms with Crippen molar-refractivity contribution >= 4 is 58.4 Å². The number of rotatable bonds is 6. The number of carbonyl (C=O) groups excluding carboxylic acids is 1. The van der Waals surface area contributed by atoms with Gasteiger partial charge >= 0.3 is 0 Å². The first-order chi connectivity index (χ1) is 15.9. The number of amides is 1. The van der Waals surface area contributed by atoms with Gasteiger partial charge in [0.1, 0.15) is 10.6 Å². The van der Waals surface area contributed by atoms with Crippen molar-refractivity contribution in [3.8, 4) is 5.75 Å². The zero-order chi connectivity index (χ0) is 26.5. The lowest BCUT2D eigenvalue weighted by Crippen LogP contribution is -2.17. The zero-order valence-corrected chi connectivity index (χ0v) is 19.1. The minimum atomic E-state index is -5.18. The van der Waals surface area contributed by atoms with E-state index in [1.165, 1.54) is 0 Å². The van der Waals surface area contributed by atoms with Crippen LogP contribution in [-0.2, 0) is 30.4 Å². The third-order valence-corrected chi connectivity index (χ3v) is 7.07. The number of nitro groups is 1.